The van der Waals surface area contributed by atoms with Gasteiger partial charge >= 0.3 is 0 Å². The monoisotopic (exact) mass is 248 g/mol. The Morgan fingerprint density at radius 3 is 2.72 bits per heavy atom. The average molecular weight is 248 g/mol. The summed E-state index contributed by atoms with van der Waals surface area (Å²) in [7, 11) is 0. The predicted molar refractivity (Wildman–Crippen MR) is 74.5 cm³/mol. The van der Waals surface area contributed by atoms with Crippen molar-refractivity contribution in [1.82, 2.24) is 5.32 Å². The summed E-state index contributed by atoms with van der Waals surface area (Å²) in [5, 5.41) is 3.34. The van der Waals surface area contributed by atoms with Gasteiger partial charge in [-0.2, -0.15) is 0 Å². The van der Waals surface area contributed by atoms with Gasteiger partial charge in [-0.15, -0.1) is 0 Å². The highest BCUT2D eigenvalue weighted by molar-refractivity contribution is 5.23. The molecule has 0 radical (unpaired) electrons. The SMILES string of the molecule is Cc1ccc(C(N)CNCCOCC2CC2)cc1. The molecule has 1 fully saturated rings. The first-order chi connectivity index (χ1) is 8.75. The quantitative estimate of drug-likeness (QED) is 0.692. The van der Waals surface area contributed by atoms with Gasteiger partial charge in [-0.25, -0.2) is 0 Å². The molecular weight excluding hydrogens is 224 g/mol. The number of rotatable bonds is 8. The molecule has 0 aromatic heterocycles. The molecule has 100 valence electrons. The van der Waals surface area contributed by atoms with Crippen LogP contribution in [-0.4, -0.2) is 26.3 Å². The molecule has 0 amide bonds. The standard InChI is InChI=1S/C15H24N2O/c1-12-2-6-14(7-3-12)15(16)10-17-8-9-18-11-13-4-5-13/h2-3,6-7,13,15,17H,4-5,8-11,16H2,1H3. The molecule has 0 saturated heterocycles. The van der Waals surface area contributed by atoms with Crippen LogP contribution in [0.1, 0.15) is 30.0 Å². The molecule has 1 aromatic carbocycles. The van der Waals surface area contributed by atoms with Crippen molar-refractivity contribution in [3.63, 3.8) is 0 Å². The van der Waals surface area contributed by atoms with Crippen LogP contribution < -0.4 is 11.1 Å². The van der Waals surface area contributed by atoms with Crippen molar-refractivity contribution >= 4 is 0 Å². The molecule has 3 N–H and O–H groups in total. The first kappa shape index (κ1) is 13.5. The highest BCUT2D eigenvalue weighted by Gasteiger charge is 2.20. The van der Waals surface area contributed by atoms with Gasteiger partial charge in [-0.1, -0.05) is 29.8 Å². The van der Waals surface area contributed by atoms with Crippen LogP contribution >= 0.6 is 0 Å². The van der Waals surface area contributed by atoms with Gasteiger partial charge in [0.15, 0.2) is 0 Å². The molecule has 0 spiro atoms. The van der Waals surface area contributed by atoms with Crippen molar-refractivity contribution in [2.75, 3.05) is 26.3 Å². The molecule has 3 nitrogen and oxygen atoms in total. The lowest BCUT2D eigenvalue weighted by molar-refractivity contribution is 0.126. The fourth-order valence-corrected chi connectivity index (χ4v) is 1.87. The summed E-state index contributed by atoms with van der Waals surface area (Å²) < 4.78 is 5.56. The van der Waals surface area contributed by atoms with Crippen LogP contribution in [0, 0.1) is 12.8 Å². The maximum Gasteiger partial charge on any atom is 0.0591 e. The van der Waals surface area contributed by atoms with E-state index in [-0.39, 0.29) is 6.04 Å². The molecule has 0 bridgehead atoms. The number of nitrogens with one attached hydrogen (secondary N) is 1. The third kappa shape index (κ3) is 4.77. The summed E-state index contributed by atoms with van der Waals surface area (Å²) in [6.45, 7) is 5.50. The lowest BCUT2D eigenvalue weighted by Gasteiger charge is -2.13. The second-order valence-electron chi connectivity index (χ2n) is 5.24. The minimum absolute atomic E-state index is 0.0639. The zero-order valence-corrected chi connectivity index (χ0v) is 11.2. The number of hydrogen-bond donors (Lipinski definition) is 2. The first-order valence-electron chi connectivity index (χ1n) is 6.86. The number of ether oxygens (including phenoxy) is 1. The van der Waals surface area contributed by atoms with Crippen LogP contribution in [0.5, 0.6) is 0 Å². The summed E-state index contributed by atoms with van der Waals surface area (Å²) in [5.41, 5.74) is 8.57. The highest BCUT2D eigenvalue weighted by atomic mass is 16.5. The van der Waals surface area contributed by atoms with Gasteiger partial charge in [-0.05, 0) is 31.2 Å². The Bertz CT molecular complexity index is 346. The Kier molecular flexibility index (Phi) is 5.17. The van der Waals surface area contributed by atoms with Crippen molar-refractivity contribution in [2.45, 2.75) is 25.8 Å². The molecule has 1 atom stereocenters. The van der Waals surface area contributed by atoms with Gasteiger partial charge in [0.1, 0.15) is 0 Å². The molecule has 0 heterocycles. The summed E-state index contributed by atoms with van der Waals surface area (Å²) in [5.74, 6) is 0.847. The predicted octanol–water partition coefficient (Wildman–Crippen LogP) is 2.01. The zero-order valence-electron chi connectivity index (χ0n) is 11.2. The van der Waals surface area contributed by atoms with Gasteiger partial charge in [0.05, 0.1) is 6.61 Å². The van der Waals surface area contributed by atoms with Crippen molar-refractivity contribution < 1.29 is 4.74 Å². The second-order valence-corrected chi connectivity index (χ2v) is 5.24. The minimum atomic E-state index is 0.0639. The molecule has 2 rings (SSSR count). The van der Waals surface area contributed by atoms with Crippen LogP contribution in [0.4, 0.5) is 0 Å². The number of hydrogen-bond acceptors (Lipinski definition) is 3. The van der Waals surface area contributed by atoms with Crippen LogP contribution in [0.3, 0.4) is 0 Å². The van der Waals surface area contributed by atoms with Crippen molar-refractivity contribution in [3.8, 4) is 0 Å². The van der Waals surface area contributed by atoms with E-state index in [1.54, 1.807) is 0 Å². The van der Waals surface area contributed by atoms with Crippen molar-refractivity contribution in [1.29, 1.82) is 0 Å². The van der Waals surface area contributed by atoms with Crippen LogP contribution in [0.25, 0.3) is 0 Å². The van der Waals surface area contributed by atoms with Crippen LogP contribution in [0.2, 0.25) is 0 Å². The topological polar surface area (TPSA) is 47.3 Å². The van der Waals surface area contributed by atoms with E-state index in [1.165, 1.54) is 24.0 Å². The molecule has 18 heavy (non-hydrogen) atoms. The number of benzene rings is 1. The van der Waals surface area contributed by atoms with E-state index in [9.17, 15) is 0 Å². The first-order valence-corrected chi connectivity index (χ1v) is 6.86. The summed E-state index contributed by atoms with van der Waals surface area (Å²) in [4.78, 5) is 0. The zero-order chi connectivity index (χ0) is 12.8. The molecule has 3 heteroatoms. The summed E-state index contributed by atoms with van der Waals surface area (Å²) in [6, 6.07) is 8.48. The maximum absolute atomic E-state index is 6.11. The van der Waals surface area contributed by atoms with Gasteiger partial charge in [0, 0.05) is 25.7 Å². The van der Waals surface area contributed by atoms with E-state index in [0.29, 0.717) is 0 Å². The van der Waals surface area contributed by atoms with E-state index in [4.69, 9.17) is 10.5 Å². The minimum Gasteiger partial charge on any atom is -0.380 e. The lowest BCUT2D eigenvalue weighted by atomic mass is 10.1. The van der Waals surface area contributed by atoms with E-state index < -0.39 is 0 Å². The second kappa shape index (κ2) is 6.88. The molecule has 1 saturated carbocycles. The van der Waals surface area contributed by atoms with E-state index in [0.717, 1.165) is 32.2 Å². The molecular formula is C15H24N2O. The van der Waals surface area contributed by atoms with Gasteiger partial charge in [-0.3, -0.25) is 0 Å². The van der Waals surface area contributed by atoms with Crippen LogP contribution in [0.15, 0.2) is 24.3 Å². The van der Waals surface area contributed by atoms with E-state index in [1.807, 2.05) is 0 Å². The largest absolute Gasteiger partial charge is 0.380 e. The van der Waals surface area contributed by atoms with Crippen molar-refractivity contribution in [2.24, 2.45) is 11.7 Å². The van der Waals surface area contributed by atoms with E-state index in [2.05, 4.69) is 36.5 Å². The third-order valence-corrected chi connectivity index (χ3v) is 3.34. The number of aryl methyl sites for hydroxylation is 1. The van der Waals surface area contributed by atoms with E-state index >= 15 is 0 Å². The Morgan fingerprint density at radius 2 is 2.06 bits per heavy atom. The summed E-state index contributed by atoms with van der Waals surface area (Å²) in [6.07, 6.45) is 2.71. The Balaban J connectivity index is 1.56. The maximum atomic E-state index is 6.11. The molecule has 1 aliphatic carbocycles. The van der Waals surface area contributed by atoms with Gasteiger partial charge in [0.25, 0.3) is 0 Å². The van der Waals surface area contributed by atoms with Crippen molar-refractivity contribution in [3.05, 3.63) is 35.4 Å². The Morgan fingerprint density at radius 1 is 1.33 bits per heavy atom. The number of nitrogens with two attached hydrogens (primary N) is 1. The fourth-order valence-electron chi connectivity index (χ4n) is 1.87. The highest BCUT2D eigenvalue weighted by Crippen LogP contribution is 2.28. The fraction of sp³-hybridized carbons (Fsp3) is 0.600. The normalized spacial score (nSPS) is 16.8. The molecule has 1 aromatic rings. The third-order valence-electron chi connectivity index (χ3n) is 3.34. The molecule has 0 aliphatic heterocycles. The van der Waals surface area contributed by atoms with Gasteiger partial charge < -0.3 is 15.8 Å². The van der Waals surface area contributed by atoms with Gasteiger partial charge in [0.2, 0.25) is 0 Å². The summed E-state index contributed by atoms with van der Waals surface area (Å²) >= 11 is 0. The average Bonchev–Trinajstić information content (AvgIpc) is 3.18. The van der Waals surface area contributed by atoms with Crippen LogP contribution in [-0.2, 0) is 4.74 Å². The Labute approximate surface area is 110 Å². The smallest absolute Gasteiger partial charge is 0.0591 e. The lowest BCUT2D eigenvalue weighted by Crippen LogP contribution is -2.29. The Hall–Kier alpha value is -0.900. The molecule has 1 aliphatic rings. The molecule has 1 unspecified atom stereocenters.